The van der Waals surface area contributed by atoms with Crippen LogP contribution < -0.4 is 10.6 Å². The van der Waals surface area contributed by atoms with Crippen LogP contribution >= 0.6 is 11.8 Å². The predicted molar refractivity (Wildman–Crippen MR) is 79.5 cm³/mol. The molecule has 5 heteroatoms. The summed E-state index contributed by atoms with van der Waals surface area (Å²) in [6.07, 6.45) is 7.14. The van der Waals surface area contributed by atoms with Crippen molar-refractivity contribution in [2.24, 2.45) is 5.92 Å². The van der Waals surface area contributed by atoms with E-state index < -0.39 is 0 Å². The molecule has 2 saturated heterocycles. The maximum atomic E-state index is 11.9. The molecule has 0 spiro atoms. The minimum atomic E-state index is 0.197. The summed E-state index contributed by atoms with van der Waals surface area (Å²) in [6, 6.07) is 0. The second-order valence-corrected chi connectivity index (χ2v) is 6.95. The molecule has 0 radical (unpaired) electrons. The molecule has 19 heavy (non-hydrogen) atoms. The number of hydrogen-bond acceptors (Lipinski definition) is 4. The molecule has 1 amide bonds. The highest BCUT2D eigenvalue weighted by molar-refractivity contribution is 8.00. The van der Waals surface area contributed by atoms with Crippen molar-refractivity contribution < 1.29 is 9.53 Å². The van der Waals surface area contributed by atoms with E-state index in [-0.39, 0.29) is 10.7 Å². The Bertz CT molecular complexity index is 287. The molecule has 0 aromatic carbocycles. The van der Waals surface area contributed by atoms with E-state index in [0.29, 0.717) is 12.3 Å². The van der Waals surface area contributed by atoms with Crippen molar-refractivity contribution in [2.75, 3.05) is 39.1 Å². The van der Waals surface area contributed by atoms with Crippen LogP contribution in [0.3, 0.4) is 0 Å². The van der Waals surface area contributed by atoms with Crippen LogP contribution in [0.1, 0.15) is 32.1 Å². The van der Waals surface area contributed by atoms with Crippen LogP contribution in [-0.2, 0) is 9.53 Å². The summed E-state index contributed by atoms with van der Waals surface area (Å²) < 4.78 is 5.61. The normalized spacial score (nSPS) is 26.3. The summed E-state index contributed by atoms with van der Waals surface area (Å²) in [7, 11) is 0. The van der Waals surface area contributed by atoms with Crippen LogP contribution in [0.15, 0.2) is 0 Å². The number of thioether (sulfide) groups is 1. The summed E-state index contributed by atoms with van der Waals surface area (Å²) in [5.41, 5.74) is 0. The SMILES string of the molecule is CSC1(CNC(=O)CCC2CCNC2)CCOCC1. The second-order valence-electron chi connectivity index (χ2n) is 5.67. The highest BCUT2D eigenvalue weighted by Crippen LogP contribution is 2.33. The summed E-state index contributed by atoms with van der Waals surface area (Å²) in [4.78, 5) is 11.9. The summed E-state index contributed by atoms with van der Waals surface area (Å²) in [6.45, 7) is 4.63. The standard InChI is InChI=1S/C14H26N2O2S/c1-19-14(5-8-18-9-6-14)11-16-13(17)3-2-12-4-7-15-10-12/h12,15H,2-11H2,1H3,(H,16,17). The molecule has 2 aliphatic rings. The molecule has 1 unspecified atom stereocenters. The van der Waals surface area contributed by atoms with Gasteiger partial charge in [0.05, 0.1) is 0 Å². The molecule has 2 fully saturated rings. The van der Waals surface area contributed by atoms with Gasteiger partial charge in [-0.05, 0) is 50.9 Å². The van der Waals surface area contributed by atoms with Gasteiger partial charge in [0.25, 0.3) is 0 Å². The van der Waals surface area contributed by atoms with Crippen molar-refractivity contribution in [3.8, 4) is 0 Å². The fraction of sp³-hybridized carbons (Fsp3) is 0.929. The molecule has 4 nitrogen and oxygen atoms in total. The Hall–Kier alpha value is -0.260. The molecule has 2 heterocycles. The van der Waals surface area contributed by atoms with Crippen molar-refractivity contribution in [1.29, 1.82) is 0 Å². The monoisotopic (exact) mass is 286 g/mol. The lowest BCUT2D eigenvalue weighted by molar-refractivity contribution is -0.121. The molecule has 0 aromatic heterocycles. The summed E-state index contributed by atoms with van der Waals surface area (Å²) >= 11 is 1.87. The molecule has 2 N–H and O–H groups in total. The molecule has 2 aliphatic heterocycles. The summed E-state index contributed by atoms with van der Waals surface area (Å²) in [5, 5.41) is 6.48. The first-order chi connectivity index (χ1) is 9.24. The fourth-order valence-corrected chi connectivity index (χ4v) is 3.63. The zero-order valence-corrected chi connectivity index (χ0v) is 12.7. The number of rotatable bonds is 6. The Balaban J connectivity index is 1.66. The Morgan fingerprint density at radius 3 is 2.89 bits per heavy atom. The summed E-state index contributed by atoms with van der Waals surface area (Å²) in [5.74, 6) is 0.912. The smallest absolute Gasteiger partial charge is 0.220 e. The van der Waals surface area contributed by atoms with E-state index in [9.17, 15) is 4.79 Å². The van der Waals surface area contributed by atoms with Gasteiger partial charge in [-0.1, -0.05) is 0 Å². The third-order valence-corrected chi connectivity index (χ3v) is 5.81. The number of nitrogens with one attached hydrogen (secondary N) is 2. The number of carbonyl (C=O) groups is 1. The minimum Gasteiger partial charge on any atom is -0.381 e. The first-order valence-corrected chi connectivity index (χ1v) is 8.57. The topological polar surface area (TPSA) is 50.4 Å². The average Bonchev–Trinajstić information content (AvgIpc) is 2.97. The average molecular weight is 286 g/mol. The molecular formula is C14H26N2O2S. The number of hydrogen-bond donors (Lipinski definition) is 2. The molecule has 110 valence electrons. The van der Waals surface area contributed by atoms with Gasteiger partial charge in [-0.25, -0.2) is 0 Å². The van der Waals surface area contributed by atoms with E-state index in [0.717, 1.165) is 52.1 Å². The molecule has 2 rings (SSSR count). The lowest BCUT2D eigenvalue weighted by Crippen LogP contribution is -2.44. The van der Waals surface area contributed by atoms with Gasteiger partial charge in [-0.2, -0.15) is 11.8 Å². The van der Waals surface area contributed by atoms with Gasteiger partial charge in [0.15, 0.2) is 0 Å². The number of ether oxygens (including phenoxy) is 1. The molecule has 0 saturated carbocycles. The molecular weight excluding hydrogens is 260 g/mol. The van der Waals surface area contributed by atoms with Gasteiger partial charge >= 0.3 is 0 Å². The second kappa shape index (κ2) is 7.50. The van der Waals surface area contributed by atoms with Gasteiger partial charge in [-0.15, -0.1) is 0 Å². The fourth-order valence-electron chi connectivity index (χ4n) is 2.84. The third kappa shape index (κ3) is 4.65. The van der Waals surface area contributed by atoms with Gasteiger partial charge in [0, 0.05) is 30.9 Å². The first-order valence-electron chi connectivity index (χ1n) is 7.34. The molecule has 1 atom stereocenters. The maximum absolute atomic E-state index is 11.9. The van der Waals surface area contributed by atoms with Crippen LogP contribution in [0, 0.1) is 5.92 Å². The third-order valence-electron chi connectivity index (χ3n) is 4.39. The number of carbonyl (C=O) groups excluding carboxylic acids is 1. The van der Waals surface area contributed by atoms with Crippen molar-refractivity contribution in [3.63, 3.8) is 0 Å². The van der Waals surface area contributed by atoms with Gasteiger partial charge < -0.3 is 15.4 Å². The van der Waals surface area contributed by atoms with E-state index in [1.54, 1.807) is 0 Å². The largest absolute Gasteiger partial charge is 0.381 e. The lowest BCUT2D eigenvalue weighted by atomic mass is 9.98. The lowest BCUT2D eigenvalue weighted by Gasteiger charge is -2.35. The molecule has 0 aromatic rings. The molecule has 0 bridgehead atoms. The van der Waals surface area contributed by atoms with E-state index in [2.05, 4.69) is 16.9 Å². The zero-order chi connectivity index (χ0) is 13.6. The van der Waals surface area contributed by atoms with Crippen LogP contribution in [0.25, 0.3) is 0 Å². The van der Waals surface area contributed by atoms with Gasteiger partial charge in [-0.3, -0.25) is 4.79 Å². The van der Waals surface area contributed by atoms with E-state index >= 15 is 0 Å². The van der Waals surface area contributed by atoms with Crippen LogP contribution in [0.5, 0.6) is 0 Å². The Morgan fingerprint density at radius 1 is 1.47 bits per heavy atom. The highest BCUT2D eigenvalue weighted by Gasteiger charge is 2.32. The van der Waals surface area contributed by atoms with Gasteiger partial charge in [0.2, 0.25) is 5.91 Å². The van der Waals surface area contributed by atoms with E-state index in [4.69, 9.17) is 4.74 Å². The quantitative estimate of drug-likeness (QED) is 0.775. The highest BCUT2D eigenvalue weighted by atomic mass is 32.2. The van der Waals surface area contributed by atoms with Crippen LogP contribution in [0.4, 0.5) is 0 Å². The Kier molecular flexibility index (Phi) is 5.98. The molecule has 0 aliphatic carbocycles. The minimum absolute atomic E-state index is 0.197. The van der Waals surface area contributed by atoms with E-state index in [1.165, 1.54) is 6.42 Å². The van der Waals surface area contributed by atoms with Gasteiger partial charge in [0.1, 0.15) is 0 Å². The van der Waals surface area contributed by atoms with E-state index in [1.807, 2.05) is 11.8 Å². The van der Waals surface area contributed by atoms with Crippen molar-refractivity contribution in [2.45, 2.75) is 36.9 Å². The maximum Gasteiger partial charge on any atom is 0.220 e. The van der Waals surface area contributed by atoms with Crippen molar-refractivity contribution in [3.05, 3.63) is 0 Å². The predicted octanol–water partition coefficient (Wildman–Crippen LogP) is 1.40. The van der Waals surface area contributed by atoms with Crippen molar-refractivity contribution >= 4 is 17.7 Å². The number of amides is 1. The zero-order valence-electron chi connectivity index (χ0n) is 11.9. The first kappa shape index (κ1) is 15.1. The van der Waals surface area contributed by atoms with Crippen LogP contribution in [0.2, 0.25) is 0 Å². The van der Waals surface area contributed by atoms with Crippen LogP contribution in [-0.4, -0.2) is 49.8 Å². The van der Waals surface area contributed by atoms with Crippen molar-refractivity contribution in [1.82, 2.24) is 10.6 Å². The Morgan fingerprint density at radius 2 is 2.26 bits per heavy atom. The Labute approximate surface area is 120 Å².